The number of likely N-dealkylation sites (tertiary alicyclic amines) is 1. The van der Waals surface area contributed by atoms with Gasteiger partial charge in [-0.3, -0.25) is 4.90 Å². The van der Waals surface area contributed by atoms with Gasteiger partial charge in [0.25, 0.3) is 0 Å². The van der Waals surface area contributed by atoms with Crippen molar-refractivity contribution in [2.24, 2.45) is 5.41 Å². The molecule has 1 aliphatic heterocycles. The highest BCUT2D eigenvalue weighted by atomic mass is 16.4. The third-order valence-corrected chi connectivity index (χ3v) is 3.79. The first-order valence-corrected chi connectivity index (χ1v) is 6.51. The molecule has 18 heavy (non-hydrogen) atoms. The summed E-state index contributed by atoms with van der Waals surface area (Å²) >= 11 is 0. The zero-order valence-electron chi connectivity index (χ0n) is 11.1. The van der Waals surface area contributed by atoms with Crippen molar-refractivity contribution in [3.05, 3.63) is 35.4 Å². The summed E-state index contributed by atoms with van der Waals surface area (Å²) in [6, 6.07) is 7.26. The van der Waals surface area contributed by atoms with Crippen LogP contribution in [-0.4, -0.2) is 29.1 Å². The van der Waals surface area contributed by atoms with Gasteiger partial charge in [-0.2, -0.15) is 0 Å². The molecule has 3 nitrogen and oxygen atoms in total. The Hall–Kier alpha value is -1.35. The minimum absolute atomic E-state index is 0.379. The Morgan fingerprint density at radius 3 is 2.61 bits per heavy atom. The average Bonchev–Trinajstić information content (AvgIpc) is 2.32. The Balaban J connectivity index is 1.98. The van der Waals surface area contributed by atoms with Gasteiger partial charge in [0, 0.05) is 6.54 Å². The number of carbonyl (C=O) groups is 1. The highest BCUT2D eigenvalue weighted by Gasteiger charge is 2.25. The largest absolute Gasteiger partial charge is 0.478 e. The molecule has 0 spiro atoms. The molecule has 98 valence electrons. The summed E-state index contributed by atoms with van der Waals surface area (Å²) < 4.78 is 0. The summed E-state index contributed by atoms with van der Waals surface area (Å²) in [5.74, 6) is -0.850. The number of rotatable bonds is 3. The smallest absolute Gasteiger partial charge is 0.335 e. The van der Waals surface area contributed by atoms with E-state index in [0.29, 0.717) is 11.0 Å². The third-order valence-electron chi connectivity index (χ3n) is 3.79. The number of hydrogen-bond donors (Lipinski definition) is 1. The van der Waals surface area contributed by atoms with Crippen molar-refractivity contribution in [3.8, 4) is 0 Å². The number of carboxylic acid groups (broad SMARTS) is 1. The number of piperidine rings is 1. The van der Waals surface area contributed by atoms with Gasteiger partial charge < -0.3 is 5.11 Å². The second kappa shape index (κ2) is 5.11. The molecule has 2 rings (SSSR count). The van der Waals surface area contributed by atoms with Crippen molar-refractivity contribution in [3.63, 3.8) is 0 Å². The summed E-state index contributed by atoms with van der Waals surface area (Å²) in [7, 11) is 0. The zero-order chi connectivity index (χ0) is 13.2. The molecule has 0 atom stereocenters. The zero-order valence-corrected chi connectivity index (χ0v) is 11.1. The van der Waals surface area contributed by atoms with E-state index in [0.717, 1.165) is 25.2 Å². The van der Waals surface area contributed by atoms with Crippen molar-refractivity contribution in [2.75, 3.05) is 13.1 Å². The van der Waals surface area contributed by atoms with Gasteiger partial charge in [-0.05, 0) is 49.0 Å². The molecule has 0 aromatic heterocycles. The molecular formula is C15H21NO2. The van der Waals surface area contributed by atoms with Gasteiger partial charge in [-0.1, -0.05) is 26.0 Å². The summed E-state index contributed by atoms with van der Waals surface area (Å²) in [4.78, 5) is 13.3. The number of nitrogens with zero attached hydrogens (tertiary/aromatic N) is 1. The maximum atomic E-state index is 10.9. The lowest BCUT2D eigenvalue weighted by atomic mass is 9.82. The maximum Gasteiger partial charge on any atom is 0.335 e. The molecule has 1 saturated heterocycles. The van der Waals surface area contributed by atoms with E-state index in [4.69, 9.17) is 5.11 Å². The van der Waals surface area contributed by atoms with Gasteiger partial charge in [0.2, 0.25) is 0 Å². The summed E-state index contributed by atoms with van der Waals surface area (Å²) in [6.45, 7) is 7.69. The van der Waals surface area contributed by atoms with E-state index in [1.165, 1.54) is 12.8 Å². The molecule has 0 aliphatic carbocycles. The Labute approximate surface area is 108 Å². The third kappa shape index (κ3) is 3.33. The molecule has 1 aromatic carbocycles. The second-order valence-electron chi connectivity index (χ2n) is 5.95. The van der Waals surface area contributed by atoms with E-state index in [1.54, 1.807) is 12.1 Å². The lowest BCUT2D eigenvalue weighted by molar-refractivity contribution is 0.0696. The lowest BCUT2D eigenvalue weighted by Crippen LogP contribution is -2.36. The van der Waals surface area contributed by atoms with Crippen LogP contribution in [0.1, 0.15) is 42.6 Å². The standard InChI is InChI=1S/C15H21NO2/c1-15(2)6-8-16(9-7-15)11-12-4-3-5-13(10-12)14(17)18/h3-5,10H,6-9,11H2,1-2H3,(H,17,18). The highest BCUT2D eigenvalue weighted by Crippen LogP contribution is 2.30. The van der Waals surface area contributed by atoms with E-state index < -0.39 is 5.97 Å². The Morgan fingerprint density at radius 1 is 1.33 bits per heavy atom. The molecule has 1 fully saturated rings. The summed E-state index contributed by atoms with van der Waals surface area (Å²) in [5, 5.41) is 8.97. The Bertz CT molecular complexity index is 430. The first-order valence-electron chi connectivity index (χ1n) is 6.51. The van der Waals surface area contributed by atoms with Gasteiger partial charge in [-0.15, -0.1) is 0 Å². The monoisotopic (exact) mass is 247 g/mol. The van der Waals surface area contributed by atoms with Gasteiger partial charge in [-0.25, -0.2) is 4.79 Å². The molecule has 1 aliphatic rings. The van der Waals surface area contributed by atoms with Crippen LogP contribution in [0.2, 0.25) is 0 Å². The molecule has 3 heteroatoms. The van der Waals surface area contributed by atoms with Crippen molar-refractivity contribution in [1.29, 1.82) is 0 Å². The van der Waals surface area contributed by atoms with Crippen LogP contribution < -0.4 is 0 Å². The second-order valence-corrected chi connectivity index (χ2v) is 5.95. The predicted molar refractivity (Wildman–Crippen MR) is 71.7 cm³/mol. The van der Waals surface area contributed by atoms with E-state index >= 15 is 0 Å². The summed E-state index contributed by atoms with van der Waals surface area (Å²) in [6.07, 6.45) is 2.43. The molecule has 0 unspecified atom stereocenters. The topological polar surface area (TPSA) is 40.5 Å². The fraction of sp³-hybridized carbons (Fsp3) is 0.533. The number of hydrogen-bond acceptors (Lipinski definition) is 2. The SMILES string of the molecule is CC1(C)CCN(Cc2cccc(C(=O)O)c2)CC1. The summed E-state index contributed by atoms with van der Waals surface area (Å²) in [5.41, 5.74) is 1.93. The van der Waals surface area contributed by atoms with Crippen LogP contribution >= 0.6 is 0 Å². The number of carboxylic acids is 1. The minimum Gasteiger partial charge on any atom is -0.478 e. The van der Waals surface area contributed by atoms with Crippen LogP contribution in [0.25, 0.3) is 0 Å². The Kier molecular flexibility index (Phi) is 3.71. The molecule has 1 N–H and O–H groups in total. The normalized spacial score (nSPS) is 19.7. The quantitative estimate of drug-likeness (QED) is 0.892. The molecular weight excluding hydrogens is 226 g/mol. The van der Waals surface area contributed by atoms with Gasteiger partial charge >= 0.3 is 5.97 Å². The Morgan fingerprint density at radius 2 is 2.00 bits per heavy atom. The van der Waals surface area contributed by atoms with E-state index in [-0.39, 0.29) is 0 Å². The first kappa shape index (κ1) is 13.1. The average molecular weight is 247 g/mol. The van der Waals surface area contributed by atoms with Crippen LogP contribution in [0.4, 0.5) is 0 Å². The van der Waals surface area contributed by atoms with Gasteiger partial charge in [0.15, 0.2) is 0 Å². The van der Waals surface area contributed by atoms with Crippen LogP contribution in [0, 0.1) is 5.41 Å². The molecule has 1 heterocycles. The van der Waals surface area contributed by atoms with Crippen LogP contribution in [0.3, 0.4) is 0 Å². The van der Waals surface area contributed by atoms with Crippen molar-refractivity contribution in [2.45, 2.75) is 33.2 Å². The minimum atomic E-state index is -0.850. The van der Waals surface area contributed by atoms with E-state index in [2.05, 4.69) is 18.7 Å². The fourth-order valence-electron chi connectivity index (χ4n) is 2.38. The van der Waals surface area contributed by atoms with Gasteiger partial charge in [0.05, 0.1) is 5.56 Å². The highest BCUT2D eigenvalue weighted by molar-refractivity contribution is 5.87. The van der Waals surface area contributed by atoms with Crippen molar-refractivity contribution >= 4 is 5.97 Å². The predicted octanol–water partition coefficient (Wildman–Crippen LogP) is 3.01. The number of benzene rings is 1. The molecule has 0 saturated carbocycles. The fourth-order valence-corrected chi connectivity index (χ4v) is 2.38. The molecule has 1 aromatic rings. The molecule has 0 bridgehead atoms. The van der Waals surface area contributed by atoms with Crippen molar-refractivity contribution < 1.29 is 9.90 Å². The van der Waals surface area contributed by atoms with Crippen molar-refractivity contribution in [1.82, 2.24) is 4.90 Å². The first-order chi connectivity index (χ1) is 8.46. The van der Waals surface area contributed by atoms with Crippen LogP contribution in [0.15, 0.2) is 24.3 Å². The molecule has 0 radical (unpaired) electrons. The van der Waals surface area contributed by atoms with Gasteiger partial charge in [0.1, 0.15) is 0 Å². The van der Waals surface area contributed by atoms with Crippen LogP contribution in [-0.2, 0) is 6.54 Å². The van der Waals surface area contributed by atoms with E-state index in [9.17, 15) is 4.79 Å². The number of aromatic carboxylic acids is 1. The van der Waals surface area contributed by atoms with Crippen LogP contribution in [0.5, 0.6) is 0 Å². The maximum absolute atomic E-state index is 10.9. The van der Waals surface area contributed by atoms with E-state index in [1.807, 2.05) is 12.1 Å². The lowest BCUT2D eigenvalue weighted by Gasteiger charge is -2.36. The molecule has 0 amide bonds.